The van der Waals surface area contributed by atoms with E-state index in [1.165, 1.54) is 20.0 Å². The lowest BCUT2D eigenvalue weighted by Crippen LogP contribution is -2.32. The van der Waals surface area contributed by atoms with Crippen molar-refractivity contribution in [2.45, 2.75) is 17.2 Å². The molecule has 16 heavy (non-hydrogen) atoms. The number of likely N-dealkylation sites (N-methyl/N-ethyl adjacent to an activating group) is 1. The van der Waals surface area contributed by atoms with Crippen LogP contribution in [0.15, 0.2) is 14.7 Å². The molecule has 0 aliphatic heterocycles. The van der Waals surface area contributed by atoms with Crippen molar-refractivity contribution in [2.24, 2.45) is 0 Å². The Hall–Kier alpha value is 0.340. The molecule has 92 valence electrons. The molecule has 0 bridgehead atoms. The lowest BCUT2D eigenvalue weighted by atomic mass is 10.4. The fraction of sp³-hybridized carbons (Fsp3) is 0.500. The highest BCUT2D eigenvalue weighted by Gasteiger charge is 2.24. The maximum atomic E-state index is 12.0. The number of hydrogen-bond acceptors (Lipinski definition) is 4. The van der Waals surface area contributed by atoms with Crippen molar-refractivity contribution in [1.82, 2.24) is 4.31 Å². The zero-order chi connectivity index (χ0) is 12.5. The fourth-order valence-electron chi connectivity index (χ4n) is 1.08. The molecule has 0 radical (unpaired) electrons. The normalized spacial score (nSPS) is 14.4. The maximum Gasteiger partial charge on any atom is 0.252 e. The van der Waals surface area contributed by atoms with Gasteiger partial charge >= 0.3 is 0 Å². The summed E-state index contributed by atoms with van der Waals surface area (Å²) in [6.45, 7) is 1.58. The molecule has 0 saturated carbocycles. The first-order valence-corrected chi connectivity index (χ1v) is 7.77. The minimum absolute atomic E-state index is 0.0511. The largest absolute Gasteiger partial charge is 0.392 e. The molecule has 0 unspecified atom stereocenters. The number of hydrogen-bond donors (Lipinski definition) is 1. The van der Waals surface area contributed by atoms with E-state index in [2.05, 4.69) is 15.9 Å². The van der Waals surface area contributed by atoms with E-state index in [0.717, 1.165) is 15.6 Å². The summed E-state index contributed by atoms with van der Waals surface area (Å²) in [5.74, 6) is 0. The van der Waals surface area contributed by atoms with Crippen LogP contribution in [0.2, 0.25) is 4.34 Å². The van der Waals surface area contributed by atoms with E-state index in [1.807, 2.05) is 0 Å². The molecule has 1 N–H and O–H groups in total. The van der Waals surface area contributed by atoms with Crippen LogP contribution < -0.4 is 0 Å². The Morgan fingerprint density at radius 1 is 1.69 bits per heavy atom. The first-order valence-electron chi connectivity index (χ1n) is 4.34. The summed E-state index contributed by atoms with van der Waals surface area (Å²) < 4.78 is 26.2. The molecule has 0 aliphatic carbocycles. The van der Waals surface area contributed by atoms with Gasteiger partial charge in [-0.05, 0) is 28.9 Å². The molecule has 0 amide bonds. The van der Waals surface area contributed by atoms with Crippen LogP contribution in [0.5, 0.6) is 0 Å². The van der Waals surface area contributed by atoms with Gasteiger partial charge in [-0.25, -0.2) is 8.42 Å². The van der Waals surface area contributed by atoms with E-state index in [-0.39, 0.29) is 10.8 Å². The summed E-state index contributed by atoms with van der Waals surface area (Å²) in [6.07, 6.45) is -0.710. The minimum atomic E-state index is -3.56. The van der Waals surface area contributed by atoms with Gasteiger partial charge in [0.05, 0.1) is 6.10 Å². The number of rotatable bonds is 4. The summed E-state index contributed by atoms with van der Waals surface area (Å²) in [7, 11) is -2.14. The number of sulfonamides is 1. The van der Waals surface area contributed by atoms with Crippen LogP contribution in [0.4, 0.5) is 0 Å². The molecule has 4 nitrogen and oxygen atoms in total. The van der Waals surface area contributed by atoms with Crippen molar-refractivity contribution in [3.05, 3.63) is 14.9 Å². The minimum Gasteiger partial charge on any atom is -0.392 e. The molecule has 1 aromatic heterocycles. The van der Waals surface area contributed by atoms with Gasteiger partial charge in [-0.15, -0.1) is 11.3 Å². The van der Waals surface area contributed by atoms with Crippen LogP contribution in [0.1, 0.15) is 6.92 Å². The molecule has 0 fully saturated rings. The molecular weight excluding hydrogens is 338 g/mol. The van der Waals surface area contributed by atoms with Crippen molar-refractivity contribution in [3.63, 3.8) is 0 Å². The van der Waals surface area contributed by atoms with Gasteiger partial charge in [0.25, 0.3) is 10.0 Å². The van der Waals surface area contributed by atoms with Gasteiger partial charge < -0.3 is 5.11 Å². The Labute approximate surface area is 112 Å². The number of nitrogens with zero attached hydrogens (tertiary/aromatic N) is 1. The van der Waals surface area contributed by atoms with E-state index in [0.29, 0.717) is 8.81 Å². The first-order chi connectivity index (χ1) is 7.25. The second-order valence-corrected chi connectivity index (χ2v) is 8.10. The molecule has 8 heteroatoms. The molecular formula is C8H11BrClNO3S2. The third-order valence-electron chi connectivity index (χ3n) is 1.81. The summed E-state index contributed by atoms with van der Waals surface area (Å²) in [5, 5.41) is 9.15. The monoisotopic (exact) mass is 347 g/mol. The van der Waals surface area contributed by atoms with Gasteiger partial charge in [-0.2, -0.15) is 4.31 Å². The SMILES string of the molecule is C[C@H](O)CN(C)S(=O)(=O)c1cc(Br)c(Cl)s1. The van der Waals surface area contributed by atoms with E-state index in [9.17, 15) is 8.42 Å². The molecule has 0 saturated heterocycles. The van der Waals surface area contributed by atoms with Crippen LogP contribution in [0.3, 0.4) is 0 Å². The highest BCUT2D eigenvalue weighted by molar-refractivity contribution is 9.10. The Balaban J connectivity index is 3.02. The molecule has 0 spiro atoms. The number of thiophene rings is 1. The fourth-order valence-corrected chi connectivity index (χ4v) is 4.84. The lowest BCUT2D eigenvalue weighted by Gasteiger charge is -2.17. The van der Waals surface area contributed by atoms with Crippen molar-refractivity contribution < 1.29 is 13.5 Å². The van der Waals surface area contributed by atoms with Crippen molar-refractivity contribution in [1.29, 1.82) is 0 Å². The predicted octanol–water partition coefficient (Wildman–Crippen LogP) is 2.17. The average Bonchev–Trinajstić information content (AvgIpc) is 2.46. The summed E-state index contributed by atoms with van der Waals surface area (Å²) in [4.78, 5) is 0. The molecule has 1 atom stereocenters. The summed E-state index contributed by atoms with van der Waals surface area (Å²) in [5.41, 5.74) is 0. The number of aliphatic hydroxyl groups is 1. The van der Waals surface area contributed by atoms with Crippen LogP contribution >= 0.6 is 38.9 Å². The summed E-state index contributed by atoms with van der Waals surface area (Å²) in [6, 6.07) is 1.46. The average molecular weight is 349 g/mol. The number of aliphatic hydroxyl groups excluding tert-OH is 1. The maximum absolute atomic E-state index is 12.0. The number of halogens is 2. The lowest BCUT2D eigenvalue weighted by molar-refractivity contribution is 0.171. The van der Waals surface area contributed by atoms with Crippen LogP contribution in [0.25, 0.3) is 0 Å². The van der Waals surface area contributed by atoms with E-state index in [1.54, 1.807) is 0 Å². The van der Waals surface area contributed by atoms with Crippen LogP contribution in [0, 0.1) is 0 Å². The Bertz CT molecular complexity index is 452. The third kappa shape index (κ3) is 3.18. The molecule has 1 aromatic rings. The van der Waals surface area contributed by atoms with Gasteiger partial charge in [0.2, 0.25) is 0 Å². The molecule has 0 aromatic carbocycles. The molecule has 1 rings (SSSR count). The van der Waals surface area contributed by atoms with Gasteiger partial charge in [0.15, 0.2) is 0 Å². The predicted molar refractivity (Wildman–Crippen MR) is 68.5 cm³/mol. The molecule has 1 heterocycles. The second kappa shape index (κ2) is 5.32. The van der Waals surface area contributed by atoms with Gasteiger partial charge in [0.1, 0.15) is 8.55 Å². The first kappa shape index (κ1) is 14.4. The quantitative estimate of drug-likeness (QED) is 0.907. The van der Waals surface area contributed by atoms with Gasteiger partial charge in [0, 0.05) is 18.1 Å². The topological polar surface area (TPSA) is 57.6 Å². The van der Waals surface area contributed by atoms with E-state index >= 15 is 0 Å². The third-order valence-corrected chi connectivity index (χ3v) is 6.56. The zero-order valence-electron chi connectivity index (χ0n) is 8.65. The second-order valence-electron chi connectivity index (χ2n) is 3.32. The van der Waals surface area contributed by atoms with Crippen molar-refractivity contribution in [3.8, 4) is 0 Å². The Morgan fingerprint density at radius 3 is 2.62 bits per heavy atom. The van der Waals surface area contributed by atoms with Crippen LogP contribution in [-0.2, 0) is 10.0 Å². The standard InChI is InChI=1S/C8H11BrClNO3S2/c1-5(12)4-11(2)16(13,14)7-3-6(9)8(10)15-7/h3,5,12H,4H2,1-2H3/t5-/m0/s1. The smallest absolute Gasteiger partial charge is 0.252 e. The zero-order valence-corrected chi connectivity index (χ0v) is 12.6. The van der Waals surface area contributed by atoms with Gasteiger partial charge in [-0.3, -0.25) is 0 Å². The highest BCUT2D eigenvalue weighted by Crippen LogP contribution is 2.35. The Morgan fingerprint density at radius 2 is 2.25 bits per heavy atom. The Kier molecular flexibility index (Phi) is 4.79. The van der Waals surface area contributed by atoms with Crippen molar-refractivity contribution in [2.75, 3.05) is 13.6 Å². The highest BCUT2D eigenvalue weighted by atomic mass is 79.9. The van der Waals surface area contributed by atoms with E-state index < -0.39 is 16.1 Å². The molecule has 0 aliphatic rings. The van der Waals surface area contributed by atoms with Crippen LogP contribution in [-0.4, -0.2) is 37.5 Å². The van der Waals surface area contributed by atoms with E-state index in [4.69, 9.17) is 16.7 Å². The summed E-state index contributed by atoms with van der Waals surface area (Å²) >= 11 is 9.92. The van der Waals surface area contributed by atoms with Gasteiger partial charge in [-0.1, -0.05) is 11.6 Å². The van der Waals surface area contributed by atoms with Crippen molar-refractivity contribution >= 4 is 48.9 Å².